The summed E-state index contributed by atoms with van der Waals surface area (Å²) >= 11 is 0. The Hall–Kier alpha value is -1.71. The summed E-state index contributed by atoms with van der Waals surface area (Å²) in [6.07, 6.45) is 2.96. The number of benzene rings is 1. The Labute approximate surface area is 112 Å². The van der Waals surface area contributed by atoms with Gasteiger partial charge >= 0.3 is 5.97 Å². The molecule has 1 aromatic rings. The summed E-state index contributed by atoms with van der Waals surface area (Å²) in [6, 6.07) is 4.03. The predicted molar refractivity (Wildman–Crippen MR) is 70.0 cm³/mol. The highest BCUT2D eigenvalue weighted by molar-refractivity contribution is 5.70. The number of ether oxygens (including phenoxy) is 2. The largest absolute Gasteiger partial charge is 0.490 e. The molecule has 102 valence electrons. The fourth-order valence-corrected chi connectivity index (χ4v) is 2.76. The topological polar surface area (TPSA) is 55.8 Å². The smallest absolute Gasteiger partial charge is 0.304 e. The van der Waals surface area contributed by atoms with Crippen molar-refractivity contribution in [3.63, 3.8) is 0 Å². The van der Waals surface area contributed by atoms with Crippen LogP contribution in [0.15, 0.2) is 12.1 Å². The van der Waals surface area contributed by atoms with E-state index in [0.29, 0.717) is 13.2 Å². The van der Waals surface area contributed by atoms with E-state index in [1.165, 1.54) is 0 Å². The standard InChI is InChI=1S/C15H18O4/c1-10-7-11(15(3-4-15)9-13(16)17)8-12-14(10)19-6-2-5-18-12/h7-8H,2-6,9H2,1H3,(H,16,17). The fourth-order valence-electron chi connectivity index (χ4n) is 2.76. The number of aliphatic carboxylic acids is 1. The van der Waals surface area contributed by atoms with E-state index in [0.717, 1.165) is 41.9 Å². The minimum Gasteiger partial charge on any atom is -0.490 e. The quantitative estimate of drug-likeness (QED) is 0.909. The highest BCUT2D eigenvalue weighted by atomic mass is 16.5. The van der Waals surface area contributed by atoms with E-state index >= 15 is 0 Å². The highest BCUT2D eigenvalue weighted by Crippen LogP contribution is 2.53. The number of fused-ring (bicyclic) bond motifs is 1. The summed E-state index contributed by atoms with van der Waals surface area (Å²) < 4.78 is 11.4. The van der Waals surface area contributed by atoms with Gasteiger partial charge in [0, 0.05) is 11.8 Å². The van der Waals surface area contributed by atoms with E-state index in [1.54, 1.807) is 0 Å². The van der Waals surface area contributed by atoms with Crippen LogP contribution >= 0.6 is 0 Å². The van der Waals surface area contributed by atoms with E-state index in [9.17, 15) is 4.79 Å². The molecule has 1 aliphatic carbocycles. The number of carboxylic acid groups (broad SMARTS) is 1. The minimum atomic E-state index is -0.734. The Morgan fingerprint density at radius 1 is 1.32 bits per heavy atom. The van der Waals surface area contributed by atoms with E-state index in [1.807, 2.05) is 13.0 Å². The van der Waals surface area contributed by atoms with E-state index in [2.05, 4.69) is 6.07 Å². The Morgan fingerprint density at radius 2 is 2.05 bits per heavy atom. The van der Waals surface area contributed by atoms with Crippen LogP contribution in [0.3, 0.4) is 0 Å². The molecule has 1 heterocycles. The number of rotatable bonds is 3. The molecule has 0 aromatic heterocycles. The molecule has 1 fully saturated rings. The van der Waals surface area contributed by atoms with Gasteiger partial charge in [0.1, 0.15) is 0 Å². The first kappa shape index (κ1) is 12.3. The summed E-state index contributed by atoms with van der Waals surface area (Å²) in [5.41, 5.74) is 1.93. The molecule has 3 rings (SSSR count). The van der Waals surface area contributed by atoms with Crippen molar-refractivity contribution in [2.24, 2.45) is 0 Å². The van der Waals surface area contributed by atoms with Crippen LogP contribution in [0.1, 0.15) is 36.8 Å². The van der Waals surface area contributed by atoms with Gasteiger partial charge in [-0.05, 0) is 37.0 Å². The maximum Gasteiger partial charge on any atom is 0.304 e. The first-order valence-corrected chi connectivity index (χ1v) is 6.73. The van der Waals surface area contributed by atoms with Gasteiger partial charge in [0.05, 0.1) is 19.6 Å². The summed E-state index contributed by atoms with van der Waals surface area (Å²) in [4.78, 5) is 11.0. The lowest BCUT2D eigenvalue weighted by molar-refractivity contribution is -0.137. The molecule has 0 spiro atoms. The number of carbonyl (C=O) groups is 1. The van der Waals surface area contributed by atoms with Crippen molar-refractivity contribution in [1.29, 1.82) is 0 Å². The summed E-state index contributed by atoms with van der Waals surface area (Å²) in [7, 11) is 0. The highest BCUT2D eigenvalue weighted by Gasteiger charge is 2.46. The van der Waals surface area contributed by atoms with Crippen molar-refractivity contribution in [2.75, 3.05) is 13.2 Å². The molecule has 0 bridgehead atoms. The van der Waals surface area contributed by atoms with E-state index in [4.69, 9.17) is 14.6 Å². The first-order chi connectivity index (χ1) is 9.11. The van der Waals surface area contributed by atoms with Gasteiger partial charge in [0.2, 0.25) is 0 Å². The summed E-state index contributed by atoms with van der Waals surface area (Å²) in [5, 5.41) is 9.05. The van der Waals surface area contributed by atoms with Gasteiger partial charge in [-0.15, -0.1) is 0 Å². The number of aryl methyl sites for hydroxylation is 1. The molecule has 19 heavy (non-hydrogen) atoms. The lowest BCUT2D eigenvalue weighted by Crippen LogP contribution is -2.13. The molecule has 0 atom stereocenters. The third-order valence-corrected chi connectivity index (χ3v) is 3.99. The second-order valence-corrected chi connectivity index (χ2v) is 5.52. The Kier molecular flexibility index (Phi) is 2.88. The molecule has 0 unspecified atom stereocenters. The fraction of sp³-hybridized carbons (Fsp3) is 0.533. The zero-order valence-electron chi connectivity index (χ0n) is 11.1. The third-order valence-electron chi connectivity index (χ3n) is 3.99. The normalized spacial score (nSPS) is 19.6. The number of hydrogen-bond acceptors (Lipinski definition) is 3. The van der Waals surface area contributed by atoms with Crippen LogP contribution in [0, 0.1) is 6.92 Å². The molecule has 0 saturated heterocycles. The van der Waals surface area contributed by atoms with Crippen molar-refractivity contribution in [1.82, 2.24) is 0 Å². The monoisotopic (exact) mass is 262 g/mol. The molecule has 0 radical (unpaired) electrons. The zero-order chi connectivity index (χ0) is 13.5. The molecular formula is C15H18O4. The van der Waals surface area contributed by atoms with Gasteiger partial charge in [-0.25, -0.2) is 0 Å². The molecule has 1 saturated carbocycles. The molecule has 1 aliphatic heterocycles. The Bertz CT molecular complexity index is 517. The molecule has 4 nitrogen and oxygen atoms in total. The van der Waals surface area contributed by atoms with Crippen LogP contribution in [0.5, 0.6) is 11.5 Å². The summed E-state index contributed by atoms with van der Waals surface area (Å²) in [5.74, 6) is 0.846. The van der Waals surface area contributed by atoms with Crippen molar-refractivity contribution >= 4 is 5.97 Å². The van der Waals surface area contributed by atoms with Crippen LogP contribution < -0.4 is 9.47 Å². The lowest BCUT2D eigenvalue weighted by atomic mass is 9.91. The minimum absolute atomic E-state index is 0.179. The SMILES string of the molecule is Cc1cc(C2(CC(=O)O)CC2)cc2c1OCCCO2. The molecule has 4 heteroatoms. The van der Waals surface area contributed by atoms with Crippen LogP contribution in [-0.4, -0.2) is 24.3 Å². The van der Waals surface area contributed by atoms with E-state index < -0.39 is 5.97 Å². The lowest BCUT2D eigenvalue weighted by Gasteiger charge is -2.18. The van der Waals surface area contributed by atoms with Gasteiger partial charge in [0.15, 0.2) is 11.5 Å². The van der Waals surface area contributed by atoms with E-state index in [-0.39, 0.29) is 11.8 Å². The van der Waals surface area contributed by atoms with Gasteiger partial charge in [-0.1, -0.05) is 6.07 Å². The number of hydrogen-bond donors (Lipinski definition) is 1. The van der Waals surface area contributed by atoms with Crippen molar-refractivity contribution in [3.05, 3.63) is 23.3 Å². The van der Waals surface area contributed by atoms with Gasteiger partial charge in [0.25, 0.3) is 0 Å². The Morgan fingerprint density at radius 3 is 2.74 bits per heavy atom. The third kappa shape index (κ3) is 2.27. The summed E-state index contributed by atoms with van der Waals surface area (Å²) in [6.45, 7) is 3.32. The van der Waals surface area contributed by atoms with Gasteiger partial charge in [-0.2, -0.15) is 0 Å². The average molecular weight is 262 g/mol. The number of carboxylic acids is 1. The van der Waals surface area contributed by atoms with Crippen molar-refractivity contribution in [2.45, 2.75) is 38.0 Å². The van der Waals surface area contributed by atoms with Gasteiger partial charge in [-0.3, -0.25) is 4.79 Å². The molecular weight excluding hydrogens is 244 g/mol. The second-order valence-electron chi connectivity index (χ2n) is 5.52. The second kappa shape index (κ2) is 4.44. The molecule has 0 amide bonds. The first-order valence-electron chi connectivity index (χ1n) is 6.73. The molecule has 1 aromatic carbocycles. The average Bonchev–Trinajstić information content (AvgIpc) is 3.12. The Balaban J connectivity index is 1.98. The predicted octanol–water partition coefficient (Wildman–Crippen LogP) is 2.66. The molecule has 2 aliphatic rings. The van der Waals surface area contributed by atoms with Crippen molar-refractivity contribution < 1.29 is 19.4 Å². The van der Waals surface area contributed by atoms with Crippen LogP contribution in [0.4, 0.5) is 0 Å². The maximum absolute atomic E-state index is 11.0. The van der Waals surface area contributed by atoms with Crippen LogP contribution in [-0.2, 0) is 10.2 Å². The van der Waals surface area contributed by atoms with Crippen LogP contribution in [0.25, 0.3) is 0 Å². The van der Waals surface area contributed by atoms with Crippen molar-refractivity contribution in [3.8, 4) is 11.5 Å². The zero-order valence-corrected chi connectivity index (χ0v) is 11.1. The van der Waals surface area contributed by atoms with Gasteiger partial charge < -0.3 is 14.6 Å². The maximum atomic E-state index is 11.0. The molecule has 1 N–H and O–H groups in total. The van der Waals surface area contributed by atoms with Crippen LogP contribution in [0.2, 0.25) is 0 Å².